The molecule has 5 nitrogen and oxygen atoms in total. The molecule has 0 saturated carbocycles. The summed E-state index contributed by atoms with van der Waals surface area (Å²) in [7, 11) is 0. The van der Waals surface area contributed by atoms with Gasteiger partial charge in [0.15, 0.2) is 5.16 Å². The Labute approximate surface area is 205 Å². The zero-order chi connectivity index (χ0) is 23.5. The fourth-order valence-electron chi connectivity index (χ4n) is 3.75. The highest BCUT2D eigenvalue weighted by molar-refractivity contribution is 7.99. The number of amides is 1. The molecule has 5 aromatic rings. The Balaban J connectivity index is 1.53. The molecule has 0 unspecified atom stereocenters. The van der Waals surface area contributed by atoms with E-state index in [1.54, 1.807) is 4.57 Å². The number of carbonyl (C=O) groups excluding carboxylic acids is 1. The Morgan fingerprint density at radius 1 is 1.00 bits per heavy atom. The average Bonchev–Trinajstić information content (AvgIpc) is 3.28. The average molecular weight is 484 g/mol. The molecular formula is C27H21N3O2S2. The first-order valence-electron chi connectivity index (χ1n) is 10.7. The van der Waals surface area contributed by atoms with Crippen LogP contribution in [0.3, 0.4) is 0 Å². The Bertz CT molecular complexity index is 1530. The summed E-state index contributed by atoms with van der Waals surface area (Å²) < 4.78 is 1.60. The molecule has 1 N–H and O–H groups in total. The van der Waals surface area contributed by atoms with Gasteiger partial charge < -0.3 is 5.32 Å². The lowest BCUT2D eigenvalue weighted by Gasteiger charge is -2.13. The smallest absolute Gasteiger partial charge is 0.268 e. The minimum atomic E-state index is -0.152. The number of rotatable bonds is 6. The van der Waals surface area contributed by atoms with E-state index in [9.17, 15) is 9.59 Å². The van der Waals surface area contributed by atoms with E-state index >= 15 is 0 Å². The minimum absolute atomic E-state index is 0.135. The summed E-state index contributed by atoms with van der Waals surface area (Å²) in [5, 5.41) is 5.97. The zero-order valence-corrected chi connectivity index (χ0v) is 20.0. The second-order valence-electron chi connectivity index (χ2n) is 7.77. The molecule has 168 valence electrons. The number of benzene rings is 3. The molecule has 2 aromatic heterocycles. The lowest BCUT2D eigenvalue weighted by atomic mass is 10.1. The van der Waals surface area contributed by atoms with Crippen LogP contribution in [0.15, 0.2) is 100 Å². The quantitative estimate of drug-likeness (QED) is 0.232. The van der Waals surface area contributed by atoms with Crippen molar-refractivity contribution in [2.45, 2.75) is 12.1 Å². The van der Waals surface area contributed by atoms with E-state index in [-0.39, 0.29) is 17.2 Å². The predicted octanol–water partition coefficient (Wildman–Crippen LogP) is 6.15. The maximum Gasteiger partial charge on any atom is 0.268 e. The van der Waals surface area contributed by atoms with Gasteiger partial charge in [-0.1, -0.05) is 72.4 Å². The van der Waals surface area contributed by atoms with Gasteiger partial charge in [0, 0.05) is 16.6 Å². The van der Waals surface area contributed by atoms with Crippen molar-refractivity contribution >= 4 is 44.9 Å². The normalized spacial score (nSPS) is 11.0. The van der Waals surface area contributed by atoms with Crippen LogP contribution in [0.2, 0.25) is 0 Å². The van der Waals surface area contributed by atoms with Crippen LogP contribution in [-0.4, -0.2) is 21.2 Å². The van der Waals surface area contributed by atoms with Gasteiger partial charge in [0.2, 0.25) is 5.91 Å². The molecule has 0 bridgehead atoms. The highest BCUT2D eigenvalue weighted by Crippen LogP contribution is 2.32. The maximum absolute atomic E-state index is 13.8. The molecule has 0 fully saturated rings. The molecule has 5 rings (SSSR count). The van der Waals surface area contributed by atoms with Gasteiger partial charge in [-0.25, -0.2) is 4.98 Å². The highest BCUT2D eigenvalue weighted by Gasteiger charge is 2.19. The van der Waals surface area contributed by atoms with E-state index in [0.29, 0.717) is 21.1 Å². The number of hydrogen-bond donors (Lipinski definition) is 1. The SMILES string of the molecule is Cc1cccc(NC(=O)CSc2nc3scc(-c4ccccc4)c3c(=O)n2-c2ccccc2)c1. The molecule has 0 aliphatic carbocycles. The van der Waals surface area contributed by atoms with E-state index in [0.717, 1.165) is 22.4 Å². The summed E-state index contributed by atoms with van der Waals surface area (Å²) in [6, 6.07) is 26.9. The zero-order valence-electron chi connectivity index (χ0n) is 18.4. The van der Waals surface area contributed by atoms with Gasteiger partial charge in [0.25, 0.3) is 5.56 Å². The minimum Gasteiger partial charge on any atom is -0.325 e. The van der Waals surface area contributed by atoms with Crippen molar-refractivity contribution in [3.63, 3.8) is 0 Å². The van der Waals surface area contributed by atoms with E-state index < -0.39 is 0 Å². The molecule has 0 aliphatic heterocycles. The van der Waals surface area contributed by atoms with E-state index in [1.165, 1.54) is 23.1 Å². The number of carbonyl (C=O) groups is 1. The third kappa shape index (κ3) is 4.53. The van der Waals surface area contributed by atoms with Crippen LogP contribution >= 0.6 is 23.1 Å². The number of thiophene rings is 1. The van der Waals surface area contributed by atoms with Crippen molar-refractivity contribution in [2.24, 2.45) is 0 Å². The van der Waals surface area contributed by atoms with Crippen molar-refractivity contribution in [1.29, 1.82) is 0 Å². The maximum atomic E-state index is 13.8. The molecule has 7 heteroatoms. The van der Waals surface area contributed by atoms with Crippen LogP contribution in [0.25, 0.3) is 27.0 Å². The summed E-state index contributed by atoms with van der Waals surface area (Å²) in [5.41, 5.74) is 4.25. The van der Waals surface area contributed by atoms with Gasteiger partial charge in [0.1, 0.15) is 4.83 Å². The largest absolute Gasteiger partial charge is 0.325 e. The first-order chi connectivity index (χ1) is 16.6. The lowest BCUT2D eigenvalue weighted by molar-refractivity contribution is -0.113. The molecule has 0 spiro atoms. The fraction of sp³-hybridized carbons (Fsp3) is 0.0741. The van der Waals surface area contributed by atoms with Crippen molar-refractivity contribution in [3.8, 4) is 16.8 Å². The number of nitrogens with one attached hydrogen (secondary N) is 1. The number of anilines is 1. The summed E-state index contributed by atoms with van der Waals surface area (Å²) in [5.74, 6) is -0.0176. The highest BCUT2D eigenvalue weighted by atomic mass is 32.2. The van der Waals surface area contributed by atoms with Crippen molar-refractivity contribution < 1.29 is 4.79 Å². The summed E-state index contributed by atoms with van der Waals surface area (Å²) >= 11 is 2.70. The van der Waals surface area contributed by atoms with E-state index in [1.807, 2.05) is 97.2 Å². The topological polar surface area (TPSA) is 64.0 Å². The Morgan fingerprint density at radius 2 is 1.74 bits per heavy atom. The van der Waals surface area contributed by atoms with Crippen LogP contribution < -0.4 is 10.9 Å². The van der Waals surface area contributed by atoms with E-state index in [4.69, 9.17) is 4.98 Å². The summed E-state index contributed by atoms with van der Waals surface area (Å²) in [4.78, 5) is 31.9. The molecular weight excluding hydrogens is 462 g/mol. The number of hydrogen-bond acceptors (Lipinski definition) is 5. The van der Waals surface area contributed by atoms with Crippen LogP contribution in [0.1, 0.15) is 5.56 Å². The lowest BCUT2D eigenvalue weighted by Crippen LogP contribution is -2.22. The second kappa shape index (κ2) is 9.67. The summed E-state index contributed by atoms with van der Waals surface area (Å²) in [6.45, 7) is 1.98. The number of aromatic nitrogens is 2. The van der Waals surface area contributed by atoms with Crippen LogP contribution in [0, 0.1) is 6.92 Å². The van der Waals surface area contributed by atoms with E-state index in [2.05, 4.69) is 5.32 Å². The van der Waals surface area contributed by atoms with Crippen molar-refractivity contribution in [1.82, 2.24) is 9.55 Å². The molecule has 0 radical (unpaired) electrons. The molecule has 2 heterocycles. The van der Waals surface area contributed by atoms with Gasteiger partial charge in [-0.2, -0.15) is 0 Å². The standard InChI is InChI=1S/C27H21N3O2S2/c1-18-9-8-12-20(15-18)28-23(31)17-34-27-29-25-24(22(16-33-25)19-10-4-2-5-11-19)26(32)30(27)21-13-6-3-7-14-21/h2-16H,17H2,1H3,(H,28,31). The monoisotopic (exact) mass is 483 g/mol. The molecule has 0 atom stereocenters. The van der Waals surface area contributed by atoms with Gasteiger partial charge >= 0.3 is 0 Å². The van der Waals surface area contributed by atoms with Crippen LogP contribution in [0.4, 0.5) is 5.69 Å². The molecule has 3 aromatic carbocycles. The Kier molecular flexibility index (Phi) is 6.29. The van der Waals surface area contributed by atoms with Gasteiger partial charge in [-0.05, 0) is 42.3 Å². The predicted molar refractivity (Wildman–Crippen MR) is 141 cm³/mol. The number of aryl methyl sites for hydroxylation is 1. The molecule has 0 saturated heterocycles. The number of fused-ring (bicyclic) bond motifs is 1. The van der Waals surface area contributed by atoms with Crippen molar-refractivity contribution in [3.05, 3.63) is 106 Å². The first kappa shape index (κ1) is 22.1. The van der Waals surface area contributed by atoms with Crippen LogP contribution in [0.5, 0.6) is 0 Å². The molecule has 0 aliphatic rings. The number of para-hydroxylation sites is 1. The second-order valence-corrected chi connectivity index (χ2v) is 9.57. The number of thioether (sulfide) groups is 1. The summed E-state index contributed by atoms with van der Waals surface area (Å²) in [6.07, 6.45) is 0. The van der Waals surface area contributed by atoms with Gasteiger partial charge in [-0.15, -0.1) is 11.3 Å². The first-order valence-corrected chi connectivity index (χ1v) is 12.6. The third-order valence-electron chi connectivity index (χ3n) is 5.31. The van der Waals surface area contributed by atoms with Gasteiger partial charge in [-0.3, -0.25) is 14.2 Å². The third-order valence-corrected chi connectivity index (χ3v) is 7.12. The number of nitrogens with zero attached hydrogens (tertiary/aromatic N) is 2. The Hall–Kier alpha value is -3.68. The Morgan fingerprint density at radius 3 is 2.47 bits per heavy atom. The molecule has 34 heavy (non-hydrogen) atoms. The van der Waals surface area contributed by atoms with Gasteiger partial charge in [0.05, 0.1) is 16.8 Å². The fourth-order valence-corrected chi connectivity index (χ4v) is 5.56. The van der Waals surface area contributed by atoms with Crippen molar-refractivity contribution in [2.75, 3.05) is 11.1 Å². The molecule has 1 amide bonds. The van der Waals surface area contributed by atoms with Crippen LogP contribution in [-0.2, 0) is 4.79 Å².